The number of carbonyl (C=O) groups is 3. The van der Waals surface area contributed by atoms with Gasteiger partial charge in [0, 0.05) is 44.8 Å². The molecule has 142 valence electrons. The second kappa shape index (κ2) is 8.48. The van der Waals surface area contributed by atoms with Crippen molar-refractivity contribution in [1.82, 2.24) is 26.2 Å². The first-order valence-electron chi connectivity index (χ1n) is 8.44. The molecule has 0 aliphatic carbocycles. The summed E-state index contributed by atoms with van der Waals surface area (Å²) in [4.78, 5) is 37.8. The lowest BCUT2D eigenvalue weighted by atomic mass is 9.91. The molecule has 1 aromatic carbocycles. The molecule has 0 saturated carbocycles. The lowest BCUT2D eigenvalue weighted by Gasteiger charge is -2.27. The fourth-order valence-electron chi connectivity index (χ4n) is 3.07. The van der Waals surface area contributed by atoms with Gasteiger partial charge in [0.1, 0.15) is 5.54 Å². The van der Waals surface area contributed by atoms with E-state index in [4.69, 9.17) is 0 Å². The minimum atomic E-state index is -1.10. The first-order chi connectivity index (χ1) is 12.0. The number of hydrogen-bond donors (Lipinski definition) is 4. The monoisotopic (exact) mass is 381 g/mol. The van der Waals surface area contributed by atoms with Gasteiger partial charge in [-0.2, -0.15) is 0 Å². The zero-order valence-corrected chi connectivity index (χ0v) is 15.4. The SMILES string of the molecule is CC1(c2ccc(C(=O)NCCN3CCNCC3)cc2)NC(=O)NC1=O.Cl. The highest BCUT2D eigenvalue weighted by Gasteiger charge is 2.43. The van der Waals surface area contributed by atoms with Crippen LogP contribution in [0.25, 0.3) is 0 Å². The van der Waals surface area contributed by atoms with Gasteiger partial charge in [0.25, 0.3) is 11.8 Å². The summed E-state index contributed by atoms with van der Waals surface area (Å²) < 4.78 is 0. The molecule has 8 nitrogen and oxygen atoms in total. The molecule has 0 bridgehead atoms. The van der Waals surface area contributed by atoms with Gasteiger partial charge >= 0.3 is 6.03 Å². The topological polar surface area (TPSA) is 103 Å². The van der Waals surface area contributed by atoms with Crippen molar-refractivity contribution in [2.75, 3.05) is 39.3 Å². The number of benzene rings is 1. The Bertz CT molecular complexity index is 675. The number of rotatable bonds is 5. The van der Waals surface area contributed by atoms with Crippen LogP contribution in [-0.4, -0.2) is 62.0 Å². The van der Waals surface area contributed by atoms with Crippen LogP contribution in [0.15, 0.2) is 24.3 Å². The molecule has 0 spiro atoms. The fraction of sp³-hybridized carbons (Fsp3) is 0.471. The third-order valence-electron chi connectivity index (χ3n) is 4.69. The second-order valence-corrected chi connectivity index (χ2v) is 6.46. The summed E-state index contributed by atoms with van der Waals surface area (Å²) in [7, 11) is 0. The first kappa shape index (κ1) is 20.2. The van der Waals surface area contributed by atoms with Crippen molar-refractivity contribution >= 4 is 30.3 Å². The summed E-state index contributed by atoms with van der Waals surface area (Å²) in [6.07, 6.45) is 0. The van der Waals surface area contributed by atoms with Crippen LogP contribution in [0.5, 0.6) is 0 Å². The van der Waals surface area contributed by atoms with Crippen LogP contribution in [0.4, 0.5) is 4.79 Å². The Morgan fingerprint density at radius 1 is 1.19 bits per heavy atom. The number of amides is 4. The van der Waals surface area contributed by atoms with Crippen molar-refractivity contribution in [1.29, 1.82) is 0 Å². The largest absolute Gasteiger partial charge is 0.351 e. The van der Waals surface area contributed by atoms with Crippen LogP contribution in [-0.2, 0) is 10.3 Å². The van der Waals surface area contributed by atoms with Crippen molar-refractivity contribution in [3.63, 3.8) is 0 Å². The minimum absolute atomic E-state index is 0. The molecular formula is C17H24ClN5O3. The summed E-state index contributed by atoms with van der Waals surface area (Å²) >= 11 is 0. The maximum Gasteiger partial charge on any atom is 0.322 e. The predicted octanol–water partition coefficient (Wildman–Crippen LogP) is -0.202. The van der Waals surface area contributed by atoms with Gasteiger partial charge in [-0.1, -0.05) is 12.1 Å². The third-order valence-corrected chi connectivity index (χ3v) is 4.69. The molecular weight excluding hydrogens is 358 g/mol. The zero-order valence-electron chi connectivity index (χ0n) is 14.6. The van der Waals surface area contributed by atoms with E-state index in [9.17, 15) is 14.4 Å². The molecule has 1 unspecified atom stereocenters. The molecule has 0 radical (unpaired) electrons. The molecule has 2 heterocycles. The van der Waals surface area contributed by atoms with Crippen molar-refractivity contribution in [2.45, 2.75) is 12.5 Å². The quantitative estimate of drug-likeness (QED) is 0.529. The molecule has 4 N–H and O–H groups in total. The normalized spacial score (nSPS) is 23.0. The van der Waals surface area contributed by atoms with Crippen LogP contribution in [0.3, 0.4) is 0 Å². The number of urea groups is 1. The molecule has 0 aromatic heterocycles. The smallest absolute Gasteiger partial charge is 0.322 e. The third kappa shape index (κ3) is 4.32. The van der Waals surface area contributed by atoms with Crippen molar-refractivity contribution in [2.24, 2.45) is 0 Å². The van der Waals surface area contributed by atoms with E-state index in [0.29, 0.717) is 17.7 Å². The average Bonchev–Trinajstić information content (AvgIpc) is 2.89. The van der Waals surface area contributed by atoms with Gasteiger partial charge in [-0.3, -0.25) is 19.8 Å². The van der Waals surface area contributed by atoms with Gasteiger partial charge in [-0.15, -0.1) is 12.4 Å². The minimum Gasteiger partial charge on any atom is -0.351 e. The summed E-state index contributed by atoms with van der Waals surface area (Å²) in [5.41, 5.74) is 0.0552. The van der Waals surface area contributed by atoms with Gasteiger partial charge < -0.3 is 16.0 Å². The highest BCUT2D eigenvalue weighted by molar-refractivity contribution is 6.07. The number of hydrogen-bond acceptors (Lipinski definition) is 5. The van der Waals surface area contributed by atoms with E-state index in [2.05, 4.69) is 26.2 Å². The summed E-state index contributed by atoms with van der Waals surface area (Å²) in [6, 6.07) is 6.20. The molecule has 2 fully saturated rings. The van der Waals surface area contributed by atoms with Crippen LogP contribution in [0, 0.1) is 0 Å². The number of piperazine rings is 1. The summed E-state index contributed by atoms with van der Waals surface area (Å²) in [6.45, 7) is 7.02. The Balaban J connectivity index is 0.00000243. The van der Waals surface area contributed by atoms with E-state index in [1.165, 1.54) is 0 Å². The molecule has 1 aromatic rings. The van der Waals surface area contributed by atoms with E-state index in [1.807, 2.05) is 0 Å². The van der Waals surface area contributed by atoms with Crippen LogP contribution in [0.2, 0.25) is 0 Å². The Kier molecular flexibility index (Phi) is 6.57. The van der Waals surface area contributed by atoms with E-state index in [0.717, 1.165) is 32.7 Å². The Morgan fingerprint density at radius 3 is 2.42 bits per heavy atom. The molecule has 3 rings (SSSR count). The van der Waals surface area contributed by atoms with E-state index in [-0.39, 0.29) is 18.3 Å². The van der Waals surface area contributed by atoms with Crippen molar-refractivity contribution < 1.29 is 14.4 Å². The maximum atomic E-state index is 12.2. The summed E-state index contributed by atoms with van der Waals surface area (Å²) in [5, 5.41) is 11.0. The summed E-state index contributed by atoms with van der Waals surface area (Å²) in [5.74, 6) is -0.544. The second-order valence-electron chi connectivity index (χ2n) is 6.46. The zero-order chi connectivity index (χ0) is 17.9. The molecule has 2 aliphatic heterocycles. The molecule has 2 aliphatic rings. The van der Waals surface area contributed by atoms with Crippen LogP contribution >= 0.6 is 12.4 Å². The molecule has 4 amide bonds. The Hall–Kier alpha value is -2.16. The first-order valence-corrected chi connectivity index (χ1v) is 8.44. The highest BCUT2D eigenvalue weighted by Crippen LogP contribution is 2.24. The Morgan fingerprint density at radius 2 is 1.85 bits per heavy atom. The number of carbonyl (C=O) groups excluding carboxylic acids is 3. The molecule has 9 heteroatoms. The van der Waals surface area contributed by atoms with Gasteiger partial charge in [0.05, 0.1) is 0 Å². The Labute approximate surface area is 158 Å². The number of halogens is 1. The van der Waals surface area contributed by atoms with Gasteiger partial charge in [0.2, 0.25) is 0 Å². The van der Waals surface area contributed by atoms with Gasteiger partial charge in [-0.05, 0) is 24.6 Å². The van der Waals surface area contributed by atoms with Crippen LogP contribution < -0.4 is 21.3 Å². The van der Waals surface area contributed by atoms with Crippen LogP contribution in [0.1, 0.15) is 22.8 Å². The van der Waals surface area contributed by atoms with Crippen molar-refractivity contribution in [3.05, 3.63) is 35.4 Å². The van der Waals surface area contributed by atoms with E-state index >= 15 is 0 Å². The fourth-order valence-corrected chi connectivity index (χ4v) is 3.07. The van der Waals surface area contributed by atoms with Gasteiger partial charge in [0.15, 0.2) is 0 Å². The number of imide groups is 1. The van der Waals surface area contributed by atoms with Gasteiger partial charge in [-0.25, -0.2) is 4.79 Å². The van der Waals surface area contributed by atoms with E-state index in [1.54, 1.807) is 31.2 Å². The molecule has 2 saturated heterocycles. The van der Waals surface area contributed by atoms with Crippen molar-refractivity contribution in [3.8, 4) is 0 Å². The lowest BCUT2D eigenvalue weighted by Crippen LogP contribution is -2.46. The number of nitrogens with zero attached hydrogens (tertiary/aromatic N) is 1. The number of nitrogens with one attached hydrogen (secondary N) is 4. The lowest BCUT2D eigenvalue weighted by molar-refractivity contribution is -0.123. The highest BCUT2D eigenvalue weighted by atomic mass is 35.5. The van der Waals surface area contributed by atoms with E-state index < -0.39 is 17.5 Å². The maximum absolute atomic E-state index is 12.2. The standard InChI is InChI=1S/C17H23N5O3.ClH/c1-17(15(24)20-16(25)21-17)13-4-2-12(3-5-13)14(23)19-8-11-22-9-6-18-7-10-22;/h2-5,18H,6-11H2,1H3,(H,19,23)(H2,20,21,24,25);1H. The molecule has 1 atom stereocenters. The average molecular weight is 382 g/mol. The predicted molar refractivity (Wildman–Crippen MR) is 99.4 cm³/mol. The molecule has 26 heavy (non-hydrogen) atoms.